The van der Waals surface area contributed by atoms with E-state index >= 15 is 0 Å². The molecule has 2 N–H and O–H groups in total. The molecular formula is C18H24ClIN4O2. The number of aliphatic imine (C=N–C) groups is 1. The molecule has 1 heterocycles. The van der Waals surface area contributed by atoms with Crippen LogP contribution in [0.5, 0.6) is 0 Å². The number of hydrogen-bond donors (Lipinski definition) is 2. The van der Waals surface area contributed by atoms with Crippen LogP contribution >= 0.6 is 35.6 Å². The van der Waals surface area contributed by atoms with Crippen LogP contribution in [0.1, 0.15) is 23.0 Å². The van der Waals surface area contributed by atoms with Gasteiger partial charge in [-0.2, -0.15) is 0 Å². The second kappa shape index (κ2) is 11.8. The molecule has 8 heteroatoms. The molecule has 1 amide bonds. The first-order valence-corrected chi connectivity index (χ1v) is 8.54. The number of nitrogens with one attached hydrogen (secondary N) is 2. The third-order valence-corrected chi connectivity index (χ3v) is 3.83. The number of hydrogen-bond acceptors (Lipinski definition) is 3. The molecule has 2 rings (SSSR count). The Bertz CT molecular complexity index is 707. The van der Waals surface area contributed by atoms with E-state index in [1.165, 1.54) is 6.26 Å². The summed E-state index contributed by atoms with van der Waals surface area (Å²) in [7, 11) is 1.95. The summed E-state index contributed by atoms with van der Waals surface area (Å²) in [5.41, 5.74) is 1.03. The van der Waals surface area contributed by atoms with Crippen molar-refractivity contribution in [3.05, 3.63) is 59.0 Å². The lowest BCUT2D eigenvalue weighted by molar-refractivity contribution is 0.0927. The largest absolute Gasteiger partial charge is 0.459 e. The maximum absolute atomic E-state index is 11.8. The average Bonchev–Trinajstić information content (AvgIpc) is 3.14. The molecule has 2 aromatic rings. The normalized spacial score (nSPS) is 10.8. The van der Waals surface area contributed by atoms with E-state index in [1.54, 1.807) is 12.1 Å². The number of halogens is 2. The van der Waals surface area contributed by atoms with Gasteiger partial charge in [-0.3, -0.25) is 9.79 Å². The van der Waals surface area contributed by atoms with E-state index in [2.05, 4.69) is 15.6 Å². The quantitative estimate of drug-likeness (QED) is 0.270. The van der Waals surface area contributed by atoms with E-state index in [-0.39, 0.29) is 29.9 Å². The van der Waals surface area contributed by atoms with Gasteiger partial charge in [0.25, 0.3) is 5.91 Å². The van der Waals surface area contributed by atoms with Crippen molar-refractivity contribution in [2.75, 3.05) is 26.7 Å². The molecule has 1 aromatic heterocycles. The van der Waals surface area contributed by atoms with Crippen LogP contribution in [-0.2, 0) is 6.54 Å². The smallest absolute Gasteiger partial charge is 0.287 e. The minimum atomic E-state index is -0.241. The molecule has 0 aliphatic rings. The molecule has 0 atom stereocenters. The molecule has 0 radical (unpaired) electrons. The molecule has 26 heavy (non-hydrogen) atoms. The number of guanidine groups is 1. The van der Waals surface area contributed by atoms with Crippen molar-refractivity contribution >= 4 is 47.4 Å². The lowest BCUT2D eigenvalue weighted by Crippen LogP contribution is -2.39. The van der Waals surface area contributed by atoms with Crippen LogP contribution in [0.15, 0.2) is 52.1 Å². The fourth-order valence-electron chi connectivity index (χ4n) is 2.25. The maximum atomic E-state index is 11.8. The number of carbonyl (C=O) groups excluding carboxylic acids is 1. The third-order valence-electron chi connectivity index (χ3n) is 3.47. The van der Waals surface area contributed by atoms with Crippen LogP contribution in [-0.4, -0.2) is 43.4 Å². The Balaban J connectivity index is 0.00000338. The minimum absolute atomic E-state index is 0. The van der Waals surface area contributed by atoms with Gasteiger partial charge in [0.05, 0.1) is 12.8 Å². The maximum Gasteiger partial charge on any atom is 0.287 e. The monoisotopic (exact) mass is 490 g/mol. The number of furan rings is 1. The zero-order valence-electron chi connectivity index (χ0n) is 14.9. The molecule has 0 bridgehead atoms. The first kappa shape index (κ1) is 22.3. The summed E-state index contributed by atoms with van der Waals surface area (Å²) in [6, 6.07) is 11.0. The molecular weight excluding hydrogens is 467 g/mol. The van der Waals surface area contributed by atoms with Crippen LogP contribution in [0, 0.1) is 0 Å². The van der Waals surface area contributed by atoms with Crippen LogP contribution in [0.3, 0.4) is 0 Å². The van der Waals surface area contributed by atoms with Gasteiger partial charge in [-0.15, -0.1) is 24.0 Å². The second-order valence-corrected chi connectivity index (χ2v) is 5.82. The van der Waals surface area contributed by atoms with E-state index in [9.17, 15) is 4.79 Å². The summed E-state index contributed by atoms with van der Waals surface area (Å²) in [5.74, 6) is 0.816. The van der Waals surface area contributed by atoms with Gasteiger partial charge >= 0.3 is 0 Å². The van der Waals surface area contributed by atoms with Crippen molar-refractivity contribution in [2.45, 2.75) is 13.5 Å². The predicted molar refractivity (Wildman–Crippen MR) is 115 cm³/mol. The predicted octanol–water partition coefficient (Wildman–Crippen LogP) is 3.38. The Morgan fingerprint density at radius 2 is 2.00 bits per heavy atom. The van der Waals surface area contributed by atoms with E-state index in [0.717, 1.165) is 23.1 Å². The molecule has 0 spiro atoms. The minimum Gasteiger partial charge on any atom is -0.459 e. The summed E-state index contributed by atoms with van der Waals surface area (Å²) in [6.45, 7) is 4.29. The van der Waals surface area contributed by atoms with Gasteiger partial charge in [-0.05, 0) is 30.7 Å². The molecule has 1 aromatic carbocycles. The van der Waals surface area contributed by atoms with Crippen LogP contribution in [0.2, 0.25) is 5.02 Å². The zero-order chi connectivity index (χ0) is 18.1. The van der Waals surface area contributed by atoms with Crippen LogP contribution < -0.4 is 10.6 Å². The van der Waals surface area contributed by atoms with Crippen molar-refractivity contribution in [3.63, 3.8) is 0 Å². The summed E-state index contributed by atoms with van der Waals surface area (Å²) in [6.07, 6.45) is 1.47. The Kier molecular flexibility index (Phi) is 10.1. The Morgan fingerprint density at radius 1 is 1.23 bits per heavy atom. The lowest BCUT2D eigenvalue weighted by Gasteiger charge is -2.22. The molecule has 0 aliphatic carbocycles. The Morgan fingerprint density at radius 3 is 2.65 bits per heavy atom. The molecule has 0 saturated heterocycles. The summed E-state index contributed by atoms with van der Waals surface area (Å²) < 4.78 is 5.05. The van der Waals surface area contributed by atoms with E-state index in [4.69, 9.17) is 16.0 Å². The van der Waals surface area contributed by atoms with Crippen molar-refractivity contribution in [2.24, 2.45) is 4.99 Å². The SMILES string of the molecule is CCNC(=NCCNC(=O)c1ccco1)N(C)Cc1ccccc1Cl.I. The molecule has 142 valence electrons. The lowest BCUT2D eigenvalue weighted by atomic mass is 10.2. The Labute approximate surface area is 176 Å². The number of amides is 1. The van der Waals surface area contributed by atoms with Crippen LogP contribution in [0.4, 0.5) is 0 Å². The molecule has 0 unspecified atom stereocenters. The van der Waals surface area contributed by atoms with Gasteiger partial charge in [0.1, 0.15) is 0 Å². The highest BCUT2D eigenvalue weighted by molar-refractivity contribution is 14.0. The molecule has 0 aliphatic heterocycles. The summed E-state index contributed by atoms with van der Waals surface area (Å²) in [4.78, 5) is 18.3. The number of benzene rings is 1. The average molecular weight is 491 g/mol. The van der Waals surface area contributed by atoms with E-state index in [0.29, 0.717) is 25.4 Å². The fraction of sp³-hybridized carbons (Fsp3) is 0.333. The van der Waals surface area contributed by atoms with E-state index in [1.807, 2.05) is 43.1 Å². The van der Waals surface area contributed by atoms with Crippen molar-refractivity contribution in [1.29, 1.82) is 0 Å². The second-order valence-electron chi connectivity index (χ2n) is 5.42. The van der Waals surface area contributed by atoms with Gasteiger partial charge in [-0.25, -0.2) is 0 Å². The highest BCUT2D eigenvalue weighted by Gasteiger charge is 2.09. The van der Waals surface area contributed by atoms with Crippen molar-refractivity contribution in [1.82, 2.24) is 15.5 Å². The summed E-state index contributed by atoms with van der Waals surface area (Å²) in [5, 5.41) is 6.74. The number of rotatable bonds is 7. The highest BCUT2D eigenvalue weighted by atomic mass is 127. The first-order valence-electron chi connectivity index (χ1n) is 8.16. The van der Waals surface area contributed by atoms with Gasteiger partial charge < -0.3 is 20.0 Å². The number of nitrogens with zero attached hydrogens (tertiary/aromatic N) is 2. The van der Waals surface area contributed by atoms with Gasteiger partial charge in [-0.1, -0.05) is 29.8 Å². The standard InChI is InChI=1S/C18H23ClN4O2.HI/c1-3-20-18(23(2)13-14-7-4-5-8-15(14)19)22-11-10-21-17(24)16-9-6-12-25-16;/h4-9,12H,3,10-11,13H2,1-2H3,(H,20,22)(H,21,24);1H. The fourth-order valence-corrected chi connectivity index (χ4v) is 2.45. The number of carbonyl (C=O) groups is 1. The van der Waals surface area contributed by atoms with Crippen molar-refractivity contribution in [3.8, 4) is 0 Å². The molecule has 0 fully saturated rings. The highest BCUT2D eigenvalue weighted by Crippen LogP contribution is 2.16. The molecule has 0 saturated carbocycles. The topological polar surface area (TPSA) is 69.9 Å². The first-order chi connectivity index (χ1) is 12.1. The third kappa shape index (κ3) is 6.87. The molecule has 6 nitrogen and oxygen atoms in total. The zero-order valence-corrected chi connectivity index (χ0v) is 18.0. The summed E-state index contributed by atoms with van der Waals surface area (Å²) >= 11 is 6.22. The van der Waals surface area contributed by atoms with Gasteiger partial charge in [0.15, 0.2) is 11.7 Å². The van der Waals surface area contributed by atoms with E-state index < -0.39 is 0 Å². The van der Waals surface area contributed by atoms with Gasteiger partial charge in [0.2, 0.25) is 0 Å². The van der Waals surface area contributed by atoms with Gasteiger partial charge in [0, 0.05) is 31.7 Å². The van der Waals surface area contributed by atoms with Crippen molar-refractivity contribution < 1.29 is 9.21 Å². The van der Waals surface area contributed by atoms with Crippen LogP contribution in [0.25, 0.3) is 0 Å². The Hall–Kier alpha value is -1.74.